The Balaban J connectivity index is 2.12. The average Bonchev–Trinajstić information content (AvgIpc) is 2.59. The number of rotatable bonds is 4. The van der Waals surface area contributed by atoms with Gasteiger partial charge >= 0.3 is 0 Å². The van der Waals surface area contributed by atoms with Gasteiger partial charge in [0.15, 0.2) is 0 Å². The molecule has 3 aromatic rings. The van der Waals surface area contributed by atoms with E-state index in [-0.39, 0.29) is 0 Å². The van der Waals surface area contributed by atoms with Crippen LogP contribution in [0.4, 0.5) is 11.4 Å². The van der Waals surface area contributed by atoms with Gasteiger partial charge < -0.3 is 14.8 Å². The molecule has 0 aliphatic carbocycles. The van der Waals surface area contributed by atoms with Crippen LogP contribution in [0.2, 0.25) is 5.02 Å². The minimum atomic E-state index is 0.506. The number of pyridine rings is 1. The SMILES string of the molecule is COc1cc(Nc2ccnc3c(C)c(C)ccc23)c(OC)cc1Cl. The molecule has 2 aromatic carbocycles. The van der Waals surface area contributed by atoms with Crippen molar-refractivity contribution in [1.82, 2.24) is 4.98 Å². The second-order valence-electron chi connectivity index (χ2n) is 5.57. The van der Waals surface area contributed by atoms with E-state index in [1.54, 1.807) is 26.5 Å². The van der Waals surface area contributed by atoms with E-state index in [1.807, 2.05) is 12.1 Å². The molecule has 0 spiro atoms. The van der Waals surface area contributed by atoms with Crippen molar-refractivity contribution < 1.29 is 9.47 Å². The van der Waals surface area contributed by atoms with E-state index in [4.69, 9.17) is 21.1 Å². The van der Waals surface area contributed by atoms with Gasteiger partial charge in [-0.05, 0) is 31.0 Å². The summed E-state index contributed by atoms with van der Waals surface area (Å²) in [5.41, 5.74) is 5.12. The van der Waals surface area contributed by atoms with Gasteiger partial charge in [-0.1, -0.05) is 23.7 Å². The first-order valence-corrected chi connectivity index (χ1v) is 7.96. The Morgan fingerprint density at radius 2 is 1.71 bits per heavy atom. The molecule has 0 aliphatic heterocycles. The molecule has 0 amide bonds. The molecule has 4 nitrogen and oxygen atoms in total. The molecule has 0 radical (unpaired) electrons. The minimum absolute atomic E-state index is 0.506. The molecule has 0 fully saturated rings. The first-order chi connectivity index (χ1) is 11.5. The van der Waals surface area contributed by atoms with Crippen molar-refractivity contribution in [2.45, 2.75) is 13.8 Å². The Kier molecular flexibility index (Phi) is 4.49. The Hall–Kier alpha value is -2.46. The average molecular weight is 343 g/mol. The number of aryl methyl sites for hydroxylation is 2. The number of ether oxygens (including phenoxy) is 2. The molecule has 1 N–H and O–H groups in total. The number of aromatic nitrogens is 1. The predicted molar refractivity (Wildman–Crippen MR) is 99.1 cm³/mol. The summed E-state index contributed by atoms with van der Waals surface area (Å²) in [5.74, 6) is 1.24. The van der Waals surface area contributed by atoms with Gasteiger partial charge in [0.05, 0.1) is 30.4 Å². The topological polar surface area (TPSA) is 43.4 Å². The van der Waals surface area contributed by atoms with E-state index < -0.39 is 0 Å². The molecule has 0 bridgehead atoms. The zero-order chi connectivity index (χ0) is 17.3. The second kappa shape index (κ2) is 6.57. The third kappa shape index (κ3) is 2.85. The van der Waals surface area contributed by atoms with E-state index >= 15 is 0 Å². The lowest BCUT2D eigenvalue weighted by Gasteiger charge is -2.16. The molecule has 0 atom stereocenters. The van der Waals surface area contributed by atoms with Crippen molar-refractivity contribution in [3.8, 4) is 11.5 Å². The lowest BCUT2D eigenvalue weighted by atomic mass is 10.0. The summed E-state index contributed by atoms with van der Waals surface area (Å²) in [6.45, 7) is 4.17. The summed E-state index contributed by atoms with van der Waals surface area (Å²) in [6.07, 6.45) is 1.80. The van der Waals surface area contributed by atoms with Crippen LogP contribution < -0.4 is 14.8 Å². The molecular formula is C19H19ClN2O2. The molecule has 1 heterocycles. The van der Waals surface area contributed by atoms with E-state index in [2.05, 4.69) is 36.3 Å². The molecule has 0 saturated heterocycles. The van der Waals surface area contributed by atoms with Gasteiger partial charge in [-0.15, -0.1) is 0 Å². The summed E-state index contributed by atoms with van der Waals surface area (Å²) in [5, 5.41) is 4.97. The number of nitrogens with zero attached hydrogens (tertiary/aromatic N) is 1. The van der Waals surface area contributed by atoms with Crippen molar-refractivity contribution in [2.24, 2.45) is 0 Å². The van der Waals surface area contributed by atoms with Crippen LogP contribution in [0, 0.1) is 13.8 Å². The highest BCUT2D eigenvalue weighted by Crippen LogP contribution is 2.38. The maximum atomic E-state index is 6.17. The maximum Gasteiger partial charge on any atom is 0.144 e. The van der Waals surface area contributed by atoms with Gasteiger partial charge in [0, 0.05) is 29.4 Å². The largest absolute Gasteiger partial charge is 0.495 e. The number of fused-ring (bicyclic) bond motifs is 1. The minimum Gasteiger partial charge on any atom is -0.495 e. The van der Waals surface area contributed by atoms with Crippen molar-refractivity contribution in [2.75, 3.05) is 19.5 Å². The second-order valence-corrected chi connectivity index (χ2v) is 5.98. The number of hydrogen-bond acceptors (Lipinski definition) is 4. The van der Waals surface area contributed by atoms with Crippen LogP contribution >= 0.6 is 11.6 Å². The Labute approximate surface area is 146 Å². The molecule has 5 heteroatoms. The number of benzene rings is 2. The smallest absolute Gasteiger partial charge is 0.144 e. The number of hydrogen-bond donors (Lipinski definition) is 1. The predicted octanol–water partition coefficient (Wildman–Crippen LogP) is 5.27. The molecule has 1 aromatic heterocycles. The standard InChI is InChI=1S/C19H19ClN2O2/c1-11-5-6-13-15(7-8-21-19(13)12(11)2)22-16-10-17(23-3)14(20)9-18(16)24-4/h5-10H,1-4H3,(H,21,22). The van der Waals surface area contributed by atoms with Gasteiger partial charge in [0.25, 0.3) is 0 Å². The highest BCUT2D eigenvalue weighted by atomic mass is 35.5. The molecule has 124 valence electrons. The van der Waals surface area contributed by atoms with Gasteiger partial charge in [-0.2, -0.15) is 0 Å². The van der Waals surface area contributed by atoms with Crippen LogP contribution in [0.1, 0.15) is 11.1 Å². The van der Waals surface area contributed by atoms with Gasteiger partial charge in [-0.25, -0.2) is 0 Å². The Morgan fingerprint density at radius 1 is 0.958 bits per heavy atom. The Morgan fingerprint density at radius 3 is 2.42 bits per heavy atom. The molecular weight excluding hydrogens is 324 g/mol. The number of halogens is 1. The number of anilines is 2. The number of nitrogens with one attached hydrogen (secondary N) is 1. The van der Waals surface area contributed by atoms with Crippen molar-refractivity contribution in [3.05, 3.63) is 52.7 Å². The lowest BCUT2D eigenvalue weighted by Crippen LogP contribution is -1.98. The monoisotopic (exact) mass is 342 g/mol. The maximum absolute atomic E-state index is 6.17. The molecule has 3 rings (SSSR count). The fourth-order valence-corrected chi connectivity index (χ4v) is 2.90. The first kappa shape index (κ1) is 16.4. The summed E-state index contributed by atoms with van der Waals surface area (Å²) < 4.78 is 10.7. The van der Waals surface area contributed by atoms with Gasteiger partial charge in [-0.3, -0.25) is 4.98 Å². The van der Waals surface area contributed by atoms with E-state index in [0.717, 1.165) is 22.3 Å². The summed E-state index contributed by atoms with van der Waals surface area (Å²) >= 11 is 6.17. The van der Waals surface area contributed by atoms with E-state index in [1.165, 1.54) is 11.1 Å². The molecule has 24 heavy (non-hydrogen) atoms. The van der Waals surface area contributed by atoms with E-state index in [0.29, 0.717) is 16.5 Å². The number of methoxy groups -OCH3 is 2. The van der Waals surface area contributed by atoms with Crippen LogP contribution in [0.3, 0.4) is 0 Å². The Bertz CT molecular complexity index is 909. The third-order valence-electron chi connectivity index (χ3n) is 4.18. The van der Waals surface area contributed by atoms with Crippen LogP contribution in [0.5, 0.6) is 11.5 Å². The van der Waals surface area contributed by atoms with Crippen LogP contribution in [-0.2, 0) is 0 Å². The highest BCUT2D eigenvalue weighted by Gasteiger charge is 2.12. The highest BCUT2D eigenvalue weighted by molar-refractivity contribution is 6.32. The van der Waals surface area contributed by atoms with Gasteiger partial charge in [0.2, 0.25) is 0 Å². The van der Waals surface area contributed by atoms with Crippen molar-refractivity contribution in [1.29, 1.82) is 0 Å². The van der Waals surface area contributed by atoms with Crippen LogP contribution in [0.25, 0.3) is 10.9 Å². The van der Waals surface area contributed by atoms with Crippen LogP contribution in [0.15, 0.2) is 36.5 Å². The zero-order valence-corrected chi connectivity index (χ0v) is 14.9. The fourth-order valence-electron chi connectivity index (χ4n) is 2.67. The van der Waals surface area contributed by atoms with Crippen LogP contribution in [-0.4, -0.2) is 19.2 Å². The molecule has 0 unspecified atom stereocenters. The summed E-state index contributed by atoms with van der Waals surface area (Å²) in [6, 6.07) is 9.68. The summed E-state index contributed by atoms with van der Waals surface area (Å²) in [4.78, 5) is 4.52. The normalized spacial score (nSPS) is 10.7. The fraction of sp³-hybridized carbons (Fsp3) is 0.211. The van der Waals surface area contributed by atoms with E-state index in [9.17, 15) is 0 Å². The zero-order valence-electron chi connectivity index (χ0n) is 14.1. The summed E-state index contributed by atoms with van der Waals surface area (Å²) in [7, 11) is 3.20. The van der Waals surface area contributed by atoms with Crippen molar-refractivity contribution in [3.63, 3.8) is 0 Å². The lowest BCUT2D eigenvalue weighted by molar-refractivity contribution is 0.405. The van der Waals surface area contributed by atoms with Crippen molar-refractivity contribution >= 4 is 33.9 Å². The molecule has 0 aliphatic rings. The first-order valence-electron chi connectivity index (χ1n) is 7.58. The quantitative estimate of drug-likeness (QED) is 0.701. The van der Waals surface area contributed by atoms with Gasteiger partial charge in [0.1, 0.15) is 11.5 Å². The third-order valence-corrected chi connectivity index (χ3v) is 4.48. The molecule has 0 saturated carbocycles.